The van der Waals surface area contributed by atoms with Crippen molar-refractivity contribution in [3.63, 3.8) is 0 Å². The number of carbonyl (C=O) groups excluding carboxylic acids is 1. The van der Waals surface area contributed by atoms with Gasteiger partial charge in [-0.3, -0.25) is 9.78 Å². The van der Waals surface area contributed by atoms with Gasteiger partial charge in [-0.1, -0.05) is 60.3 Å². The molecule has 0 spiro atoms. The van der Waals surface area contributed by atoms with Crippen LogP contribution >= 0.6 is 11.8 Å². The number of nitrogens with zero attached hydrogens (tertiary/aromatic N) is 4. The summed E-state index contributed by atoms with van der Waals surface area (Å²) < 4.78 is 27.3. The number of pyridine rings is 1. The van der Waals surface area contributed by atoms with Gasteiger partial charge in [0, 0.05) is 24.7 Å². The van der Waals surface area contributed by atoms with E-state index in [1.54, 1.807) is 48.7 Å². The van der Waals surface area contributed by atoms with E-state index in [-0.39, 0.29) is 28.6 Å². The maximum atomic E-state index is 12.6. The third-order valence-electron chi connectivity index (χ3n) is 5.18. The van der Waals surface area contributed by atoms with Crippen molar-refractivity contribution in [2.45, 2.75) is 35.7 Å². The fourth-order valence-electron chi connectivity index (χ4n) is 3.48. The monoisotopic (exact) mass is 492 g/mol. The third kappa shape index (κ3) is 5.78. The molecule has 0 aliphatic rings. The van der Waals surface area contributed by atoms with Crippen molar-refractivity contribution in [1.82, 2.24) is 19.7 Å². The van der Waals surface area contributed by atoms with E-state index in [0.29, 0.717) is 17.4 Å². The quantitative estimate of drug-likeness (QED) is 0.306. The normalized spacial score (nSPS) is 11.4. The molecule has 0 N–H and O–H groups in total. The lowest BCUT2D eigenvalue weighted by Crippen LogP contribution is -2.09. The lowest BCUT2D eigenvalue weighted by atomic mass is 10.1. The number of hydrogen-bond donors (Lipinski definition) is 0. The summed E-state index contributed by atoms with van der Waals surface area (Å²) >= 11 is 1.36. The van der Waals surface area contributed by atoms with Crippen LogP contribution in [0.5, 0.6) is 0 Å². The van der Waals surface area contributed by atoms with Gasteiger partial charge in [-0.25, -0.2) is 8.42 Å². The smallest absolute Gasteiger partial charge is 0.191 e. The van der Waals surface area contributed by atoms with E-state index in [4.69, 9.17) is 0 Å². The van der Waals surface area contributed by atoms with Crippen LogP contribution in [0, 0.1) is 0 Å². The zero-order valence-corrected chi connectivity index (χ0v) is 20.3. The standard InChI is InChI=1S/C25H24N4O3S2/c1-2-29-24(20-8-4-3-5-9-20)27-28-25(29)33-17-22(30)16-19-11-13-23(14-12-19)34(31,32)18-21-10-6-7-15-26-21/h3-15H,2,16-18H2,1H3. The van der Waals surface area contributed by atoms with Gasteiger partial charge < -0.3 is 4.57 Å². The molecule has 0 fully saturated rings. The molecule has 2 aromatic carbocycles. The van der Waals surface area contributed by atoms with Crippen LogP contribution in [-0.4, -0.2) is 39.7 Å². The molecule has 0 aliphatic carbocycles. The van der Waals surface area contributed by atoms with E-state index in [1.165, 1.54) is 11.8 Å². The molecule has 4 aromatic rings. The van der Waals surface area contributed by atoms with E-state index in [0.717, 1.165) is 17.0 Å². The van der Waals surface area contributed by atoms with E-state index >= 15 is 0 Å². The zero-order chi connectivity index (χ0) is 24.0. The Morgan fingerprint density at radius 1 is 0.941 bits per heavy atom. The lowest BCUT2D eigenvalue weighted by Gasteiger charge is -2.08. The number of benzene rings is 2. The number of thioether (sulfide) groups is 1. The fraction of sp³-hybridized carbons (Fsp3) is 0.200. The maximum absolute atomic E-state index is 12.6. The molecule has 0 aliphatic heterocycles. The van der Waals surface area contributed by atoms with Gasteiger partial charge in [-0.15, -0.1) is 10.2 Å². The first-order chi connectivity index (χ1) is 16.5. The van der Waals surface area contributed by atoms with Gasteiger partial charge in [0.25, 0.3) is 0 Å². The molecule has 0 bridgehead atoms. The molecule has 0 atom stereocenters. The summed E-state index contributed by atoms with van der Waals surface area (Å²) in [5.74, 6) is 0.903. The van der Waals surface area contributed by atoms with Crippen molar-refractivity contribution in [1.29, 1.82) is 0 Å². The highest BCUT2D eigenvalue weighted by molar-refractivity contribution is 7.99. The summed E-state index contributed by atoms with van der Waals surface area (Å²) in [5.41, 5.74) is 2.24. The van der Waals surface area contributed by atoms with Crippen LogP contribution in [0.4, 0.5) is 0 Å². The second-order valence-electron chi connectivity index (χ2n) is 7.64. The van der Waals surface area contributed by atoms with Gasteiger partial charge >= 0.3 is 0 Å². The largest absolute Gasteiger partial charge is 0.302 e. The third-order valence-corrected chi connectivity index (χ3v) is 7.87. The van der Waals surface area contributed by atoms with Gasteiger partial charge in [-0.05, 0) is 36.8 Å². The highest BCUT2D eigenvalue weighted by Gasteiger charge is 2.17. The molecule has 2 heterocycles. The second-order valence-corrected chi connectivity index (χ2v) is 10.6. The predicted molar refractivity (Wildman–Crippen MR) is 132 cm³/mol. The molecular weight excluding hydrogens is 468 g/mol. The van der Waals surface area contributed by atoms with Crippen molar-refractivity contribution in [3.8, 4) is 11.4 Å². The first-order valence-electron chi connectivity index (χ1n) is 10.8. The van der Waals surface area contributed by atoms with Gasteiger partial charge in [0.1, 0.15) is 5.78 Å². The molecule has 34 heavy (non-hydrogen) atoms. The first-order valence-corrected chi connectivity index (χ1v) is 13.4. The van der Waals surface area contributed by atoms with E-state index in [1.807, 2.05) is 41.8 Å². The number of Topliss-reactive ketones (excluding diaryl/α,β-unsaturated/α-hetero) is 1. The molecule has 7 nitrogen and oxygen atoms in total. The summed E-state index contributed by atoms with van der Waals surface area (Å²) in [5, 5.41) is 9.27. The minimum absolute atomic E-state index is 0.0287. The SMILES string of the molecule is CCn1c(SCC(=O)Cc2ccc(S(=O)(=O)Cc3ccccn3)cc2)nnc1-c1ccccc1. The van der Waals surface area contributed by atoms with Gasteiger partial charge in [0.05, 0.1) is 22.1 Å². The second kappa shape index (κ2) is 10.8. The number of aromatic nitrogens is 4. The predicted octanol–water partition coefficient (Wildman–Crippen LogP) is 4.24. The van der Waals surface area contributed by atoms with Crippen LogP contribution in [0.1, 0.15) is 18.2 Å². The van der Waals surface area contributed by atoms with E-state index in [2.05, 4.69) is 15.2 Å². The topological polar surface area (TPSA) is 94.8 Å². The van der Waals surface area contributed by atoms with Crippen LogP contribution in [0.2, 0.25) is 0 Å². The van der Waals surface area contributed by atoms with Crippen LogP contribution in [0.15, 0.2) is 89.0 Å². The van der Waals surface area contributed by atoms with Gasteiger partial charge in [-0.2, -0.15) is 0 Å². The number of hydrogen-bond acceptors (Lipinski definition) is 7. The van der Waals surface area contributed by atoms with Crippen molar-refractivity contribution < 1.29 is 13.2 Å². The minimum atomic E-state index is -3.50. The molecule has 0 unspecified atom stereocenters. The van der Waals surface area contributed by atoms with Gasteiger partial charge in [0.15, 0.2) is 20.8 Å². The minimum Gasteiger partial charge on any atom is -0.302 e. The molecule has 0 saturated carbocycles. The highest BCUT2D eigenvalue weighted by Crippen LogP contribution is 2.24. The van der Waals surface area contributed by atoms with Crippen molar-refractivity contribution >= 4 is 27.4 Å². The van der Waals surface area contributed by atoms with Crippen LogP contribution in [-0.2, 0) is 33.4 Å². The van der Waals surface area contributed by atoms with E-state index in [9.17, 15) is 13.2 Å². The summed E-state index contributed by atoms with van der Waals surface area (Å²) in [7, 11) is -3.50. The molecular formula is C25H24N4O3S2. The average molecular weight is 493 g/mol. The zero-order valence-electron chi connectivity index (χ0n) is 18.7. The Morgan fingerprint density at radius 3 is 2.35 bits per heavy atom. The molecule has 0 radical (unpaired) electrons. The Labute approximate surface area is 203 Å². The molecule has 174 valence electrons. The number of rotatable bonds is 10. The van der Waals surface area contributed by atoms with Gasteiger partial charge in [0.2, 0.25) is 0 Å². The van der Waals surface area contributed by atoms with Crippen LogP contribution in [0.25, 0.3) is 11.4 Å². The first kappa shape index (κ1) is 23.8. The summed E-state index contributed by atoms with van der Waals surface area (Å²) in [4.78, 5) is 16.9. The fourth-order valence-corrected chi connectivity index (χ4v) is 5.62. The van der Waals surface area contributed by atoms with E-state index < -0.39 is 9.84 Å². The number of sulfone groups is 1. The van der Waals surface area contributed by atoms with Crippen molar-refractivity contribution in [3.05, 3.63) is 90.3 Å². The Morgan fingerprint density at radius 2 is 1.68 bits per heavy atom. The number of carbonyl (C=O) groups is 1. The number of ketones is 1. The maximum Gasteiger partial charge on any atom is 0.191 e. The molecule has 2 aromatic heterocycles. The molecule has 0 amide bonds. The highest BCUT2D eigenvalue weighted by atomic mass is 32.2. The Hall–Kier alpha value is -3.30. The lowest BCUT2D eigenvalue weighted by molar-refractivity contribution is -0.116. The Bertz CT molecular complexity index is 1350. The van der Waals surface area contributed by atoms with Crippen LogP contribution in [0.3, 0.4) is 0 Å². The molecule has 0 saturated heterocycles. The van der Waals surface area contributed by atoms with Crippen molar-refractivity contribution in [2.24, 2.45) is 0 Å². The summed E-state index contributed by atoms with van der Waals surface area (Å²) in [6.45, 7) is 2.72. The van der Waals surface area contributed by atoms with Crippen molar-refractivity contribution in [2.75, 3.05) is 5.75 Å². The Balaban J connectivity index is 1.36. The average Bonchev–Trinajstić information content (AvgIpc) is 3.27. The molecule has 4 rings (SSSR count). The van der Waals surface area contributed by atoms with Crippen LogP contribution < -0.4 is 0 Å². The summed E-state index contributed by atoms with van der Waals surface area (Å²) in [6.07, 6.45) is 1.79. The Kier molecular flexibility index (Phi) is 7.54. The molecule has 9 heteroatoms. The summed E-state index contributed by atoms with van der Waals surface area (Å²) in [6, 6.07) is 21.5.